The van der Waals surface area contributed by atoms with Crippen molar-refractivity contribution in [3.63, 3.8) is 0 Å². The zero-order chi connectivity index (χ0) is 9.47. The fraction of sp³-hybridized carbons (Fsp3) is 0.800. The molecular formula is C10H14O3. The summed E-state index contributed by atoms with van der Waals surface area (Å²) in [5.74, 6) is -0.821. The molecule has 0 aromatic heterocycles. The van der Waals surface area contributed by atoms with Gasteiger partial charge in [0.1, 0.15) is 5.41 Å². The van der Waals surface area contributed by atoms with Crippen LogP contribution in [0.3, 0.4) is 0 Å². The average Bonchev–Trinajstić information content (AvgIpc) is 2.03. The van der Waals surface area contributed by atoms with E-state index in [9.17, 15) is 9.59 Å². The van der Waals surface area contributed by atoms with Crippen LogP contribution in [-0.4, -0.2) is 16.9 Å². The maximum absolute atomic E-state index is 11.8. The second-order valence-electron chi connectivity index (χ2n) is 4.23. The van der Waals surface area contributed by atoms with E-state index in [0.29, 0.717) is 12.8 Å². The van der Waals surface area contributed by atoms with E-state index >= 15 is 0 Å². The Balaban J connectivity index is 2.33. The summed E-state index contributed by atoms with van der Waals surface area (Å²) in [6, 6.07) is 0. The normalized spacial score (nSPS) is 38.8. The zero-order valence-corrected chi connectivity index (χ0v) is 7.58. The van der Waals surface area contributed by atoms with Crippen molar-refractivity contribution < 1.29 is 14.7 Å². The van der Waals surface area contributed by atoms with Gasteiger partial charge in [0.15, 0.2) is 5.78 Å². The van der Waals surface area contributed by atoms with E-state index in [1.807, 2.05) is 0 Å². The molecule has 0 saturated heterocycles. The number of rotatable bonds is 1. The maximum Gasteiger partial charge on any atom is 0.317 e. The molecule has 13 heavy (non-hydrogen) atoms. The summed E-state index contributed by atoms with van der Waals surface area (Å²) >= 11 is 0. The molecule has 1 N–H and O–H groups in total. The highest BCUT2D eigenvalue weighted by molar-refractivity contribution is 6.05. The van der Waals surface area contributed by atoms with Crippen LogP contribution in [0.1, 0.15) is 38.5 Å². The summed E-state index contributed by atoms with van der Waals surface area (Å²) in [5, 5.41) is 9.09. The lowest BCUT2D eigenvalue weighted by Crippen LogP contribution is -2.48. The number of ketones is 1. The minimum Gasteiger partial charge on any atom is -0.480 e. The molecule has 0 atom stereocenters. The van der Waals surface area contributed by atoms with E-state index in [1.54, 1.807) is 0 Å². The molecule has 2 rings (SSSR count). The van der Waals surface area contributed by atoms with Gasteiger partial charge in [-0.05, 0) is 25.7 Å². The Morgan fingerprint density at radius 2 is 1.85 bits per heavy atom. The van der Waals surface area contributed by atoms with Crippen LogP contribution < -0.4 is 0 Å². The first-order valence-corrected chi connectivity index (χ1v) is 4.94. The number of carboxylic acid groups (broad SMARTS) is 1. The van der Waals surface area contributed by atoms with Crippen molar-refractivity contribution in [1.82, 2.24) is 0 Å². The van der Waals surface area contributed by atoms with Crippen LogP contribution in [0.15, 0.2) is 0 Å². The lowest BCUT2D eigenvalue weighted by atomic mass is 9.61. The average molecular weight is 182 g/mol. The van der Waals surface area contributed by atoms with Crippen molar-refractivity contribution in [2.24, 2.45) is 11.3 Å². The third-order valence-corrected chi connectivity index (χ3v) is 3.56. The van der Waals surface area contributed by atoms with Crippen LogP contribution in [0.25, 0.3) is 0 Å². The highest BCUT2D eigenvalue weighted by Gasteiger charge is 2.52. The fourth-order valence-electron chi connectivity index (χ4n) is 2.79. The summed E-state index contributed by atoms with van der Waals surface area (Å²) in [6.07, 6.45) is 4.77. The minimum absolute atomic E-state index is 0.0116. The van der Waals surface area contributed by atoms with Crippen LogP contribution in [0.4, 0.5) is 0 Å². The first kappa shape index (κ1) is 8.73. The predicted octanol–water partition coefficient (Wildman–Crippen LogP) is 1.61. The predicted molar refractivity (Wildman–Crippen MR) is 46.3 cm³/mol. The van der Waals surface area contributed by atoms with Crippen molar-refractivity contribution in [3.8, 4) is 0 Å². The summed E-state index contributed by atoms with van der Waals surface area (Å²) in [6.45, 7) is 0. The van der Waals surface area contributed by atoms with E-state index in [4.69, 9.17) is 5.11 Å². The molecule has 0 unspecified atom stereocenters. The van der Waals surface area contributed by atoms with Gasteiger partial charge in [-0.2, -0.15) is 0 Å². The van der Waals surface area contributed by atoms with Gasteiger partial charge in [-0.25, -0.2) is 0 Å². The molecule has 3 nitrogen and oxygen atoms in total. The van der Waals surface area contributed by atoms with E-state index in [1.165, 1.54) is 0 Å². The molecule has 0 aliphatic heterocycles. The molecular weight excluding hydrogens is 168 g/mol. The van der Waals surface area contributed by atoms with Crippen molar-refractivity contribution in [2.45, 2.75) is 38.5 Å². The molecule has 0 aromatic rings. The van der Waals surface area contributed by atoms with Crippen LogP contribution in [0.2, 0.25) is 0 Å². The van der Waals surface area contributed by atoms with Crippen LogP contribution in [0.5, 0.6) is 0 Å². The Kier molecular flexibility index (Phi) is 1.90. The van der Waals surface area contributed by atoms with Gasteiger partial charge in [-0.3, -0.25) is 9.59 Å². The van der Waals surface area contributed by atoms with Gasteiger partial charge >= 0.3 is 5.97 Å². The lowest BCUT2D eigenvalue weighted by molar-refractivity contribution is -0.162. The number of Topliss-reactive ketones (excluding diaryl/α,β-unsaturated/α-hetero) is 1. The van der Waals surface area contributed by atoms with Gasteiger partial charge in [0.2, 0.25) is 0 Å². The minimum atomic E-state index is -0.985. The van der Waals surface area contributed by atoms with Crippen molar-refractivity contribution in [3.05, 3.63) is 0 Å². The first-order chi connectivity index (χ1) is 6.17. The molecule has 0 radical (unpaired) electrons. The summed E-state index contributed by atoms with van der Waals surface area (Å²) < 4.78 is 0. The molecule has 72 valence electrons. The number of carbonyl (C=O) groups excluding carboxylic acids is 1. The molecule has 0 aromatic carbocycles. The van der Waals surface area contributed by atoms with Crippen molar-refractivity contribution in [1.29, 1.82) is 0 Å². The molecule has 3 heteroatoms. The Hall–Kier alpha value is -0.860. The second kappa shape index (κ2) is 2.82. The molecule has 2 aliphatic rings. The smallest absolute Gasteiger partial charge is 0.317 e. The molecule has 0 amide bonds. The highest BCUT2D eigenvalue weighted by Crippen LogP contribution is 2.46. The molecule has 0 spiro atoms. The summed E-state index contributed by atoms with van der Waals surface area (Å²) in [7, 11) is 0. The SMILES string of the molecule is O=C(O)C12CCCC(CCC1)C2=O. The Labute approximate surface area is 77.1 Å². The van der Waals surface area contributed by atoms with E-state index in [2.05, 4.69) is 0 Å². The van der Waals surface area contributed by atoms with Crippen LogP contribution in [0, 0.1) is 11.3 Å². The van der Waals surface area contributed by atoms with Crippen LogP contribution >= 0.6 is 0 Å². The number of aliphatic carboxylic acids is 1. The molecule has 2 fully saturated rings. The Morgan fingerprint density at radius 3 is 2.23 bits per heavy atom. The van der Waals surface area contributed by atoms with Gasteiger partial charge in [0.25, 0.3) is 0 Å². The largest absolute Gasteiger partial charge is 0.480 e. The second-order valence-corrected chi connectivity index (χ2v) is 4.23. The number of carbonyl (C=O) groups is 2. The number of hydrogen-bond donors (Lipinski definition) is 1. The quantitative estimate of drug-likeness (QED) is 0.627. The molecule has 0 heterocycles. The Morgan fingerprint density at radius 1 is 1.31 bits per heavy atom. The van der Waals surface area contributed by atoms with E-state index < -0.39 is 11.4 Å². The third-order valence-electron chi connectivity index (χ3n) is 3.56. The number of carboxylic acids is 1. The monoisotopic (exact) mass is 182 g/mol. The van der Waals surface area contributed by atoms with Crippen molar-refractivity contribution in [2.75, 3.05) is 0 Å². The van der Waals surface area contributed by atoms with Gasteiger partial charge in [-0.1, -0.05) is 12.8 Å². The topological polar surface area (TPSA) is 54.4 Å². The lowest BCUT2D eigenvalue weighted by Gasteiger charge is -2.40. The maximum atomic E-state index is 11.8. The zero-order valence-electron chi connectivity index (χ0n) is 7.58. The summed E-state index contributed by atoms with van der Waals surface area (Å²) in [5.41, 5.74) is -0.985. The molecule has 2 aliphatic carbocycles. The van der Waals surface area contributed by atoms with Crippen molar-refractivity contribution >= 4 is 11.8 Å². The van der Waals surface area contributed by atoms with Gasteiger partial charge in [-0.15, -0.1) is 0 Å². The van der Waals surface area contributed by atoms with E-state index in [-0.39, 0.29) is 11.7 Å². The fourth-order valence-corrected chi connectivity index (χ4v) is 2.79. The number of hydrogen-bond acceptors (Lipinski definition) is 2. The first-order valence-electron chi connectivity index (χ1n) is 4.94. The van der Waals surface area contributed by atoms with Crippen LogP contribution in [-0.2, 0) is 9.59 Å². The standard InChI is InChI=1S/C10H14O3/c11-8-7-3-1-5-10(8,9(12)13)6-2-4-7/h7H,1-6H2,(H,12,13). The molecule has 2 saturated carbocycles. The van der Waals surface area contributed by atoms with Gasteiger partial charge in [0, 0.05) is 5.92 Å². The van der Waals surface area contributed by atoms with E-state index in [0.717, 1.165) is 25.7 Å². The highest BCUT2D eigenvalue weighted by atomic mass is 16.4. The number of fused-ring (bicyclic) bond motifs is 2. The van der Waals surface area contributed by atoms with Gasteiger partial charge in [0.05, 0.1) is 0 Å². The summed E-state index contributed by atoms with van der Waals surface area (Å²) in [4.78, 5) is 22.9. The third kappa shape index (κ3) is 1.10. The van der Waals surface area contributed by atoms with Gasteiger partial charge < -0.3 is 5.11 Å². The molecule has 2 bridgehead atoms. The Bertz CT molecular complexity index is 247.